The minimum Gasteiger partial charge on any atom is -0.481 e. The molecule has 0 aliphatic rings. The largest absolute Gasteiger partial charge is 0.481 e. The highest BCUT2D eigenvalue weighted by atomic mass is 32.1. The monoisotopic (exact) mass is 558 g/mol. The van der Waals surface area contributed by atoms with E-state index in [9.17, 15) is 34.2 Å². The molecule has 0 aliphatic carbocycles. The molecule has 2 heterocycles. The number of carbonyl (C=O) groups is 5. The molecule has 2 aromatic rings. The van der Waals surface area contributed by atoms with Gasteiger partial charge in [0.1, 0.15) is 36.8 Å². The van der Waals surface area contributed by atoms with E-state index in [1.54, 1.807) is 0 Å². The fourth-order valence-corrected chi connectivity index (χ4v) is 3.23. The molecule has 9 N–H and O–H groups in total. The number of nitrogens with one attached hydrogen (secondary N) is 4. The second kappa shape index (κ2) is 13.8. The Morgan fingerprint density at radius 1 is 0.711 bits per heavy atom. The van der Waals surface area contributed by atoms with Crippen LogP contribution in [-0.4, -0.2) is 105 Å². The zero-order valence-corrected chi connectivity index (χ0v) is 20.4. The lowest BCUT2D eigenvalue weighted by atomic mass is 10.1. The average Bonchev–Trinajstić information content (AvgIpc) is 3.46. The lowest BCUT2D eigenvalue weighted by molar-refractivity contribution is -0.147. The summed E-state index contributed by atoms with van der Waals surface area (Å²) in [7, 11) is 0. The van der Waals surface area contributed by atoms with Crippen LogP contribution >= 0.6 is 12.6 Å². The maximum Gasteiger partial charge on any atom is 0.328 e. The molecule has 38 heavy (non-hydrogen) atoms. The molecule has 0 saturated heterocycles. The van der Waals surface area contributed by atoms with Gasteiger partial charge in [-0.3, -0.25) is 23.7 Å². The van der Waals surface area contributed by atoms with E-state index in [4.69, 9.17) is 15.3 Å². The third-order valence-corrected chi connectivity index (χ3v) is 5.26. The lowest BCUT2D eigenvalue weighted by Gasteiger charge is -2.18. The number of thiol groups is 1. The van der Waals surface area contributed by atoms with E-state index in [-0.39, 0.29) is 24.3 Å². The van der Waals surface area contributed by atoms with Crippen molar-refractivity contribution in [1.82, 2.24) is 30.2 Å². The molecular weight excluding hydrogens is 532 g/mol. The van der Waals surface area contributed by atoms with Crippen LogP contribution in [-0.2, 0) is 36.8 Å². The van der Waals surface area contributed by atoms with Crippen molar-refractivity contribution in [2.24, 2.45) is 0 Å². The number of hydrogen-bond acceptors (Lipinski definition) is 12. The van der Waals surface area contributed by atoms with Crippen LogP contribution in [0.4, 0.5) is 0 Å². The summed E-state index contributed by atoms with van der Waals surface area (Å²) in [5.41, 5.74) is 10.2. The van der Waals surface area contributed by atoms with Crippen LogP contribution in [0.1, 0.15) is 17.8 Å². The van der Waals surface area contributed by atoms with E-state index in [0.29, 0.717) is 5.69 Å². The second-order valence-electron chi connectivity index (χ2n) is 7.84. The Kier molecular flexibility index (Phi) is 10.9. The Morgan fingerprint density at radius 2 is 1.13 bits per heavy atom. The van der Waals surface area contributed by atoms with Crippen LogP contribution in [0.15, 0.2) is 25.0 Å². The van der Waals surface area contributed by atoms with Gasteiger partial charge >= 0.3 is 29.8 Å². The van der Waals surface area contributed by atoms with Gasteiger partial charge in [0.05, 0.1) is 17.8 Å². The van der Waals surface area contributed by atoms with Crippen molar-refractivity contribution < 1.29 is 49.5 Å². The first-order valence-corrected chi connectivity index (χ1v) is 11.4. The topological polar surface area (TPSA) is 270 Å². The molecule has 0 spiro atoms. The number of carboxylic acid groups (broad SMARTS) is 5. The van der Waals surface area contributed by atoms with Gasteiger partial charge in [0.25, 0.3) is 0 Å². The van der Waals surface area contributed by atoms with E-state index in [1.165, 1.54) is 34.4 Å². The summed E-state index contributed by atoms with van der Waals surface area (Å²) in [4.78, 5) is 64.4. The Balaban J connectivity index is 2.01. The van der Waals surface area contributed by atoms with E-state index in [0.717, 1.165) is 0 Å². The van der Waals surface area contributed by atoms with Gasteiger partial charge in [-0.1, -0.05) is 0 Å². The number of aromatic nitrogens is 4. The minimum absolute atomic E-state index is 0.00189. The van der Waals surface area contributed by atoms with Gasteiger partial charge in [-0.15, -0.1) is 0 Å². The summed E-state index contributed by atoms with van der Waals surface area (Å²) in [6.07, 6.45) is 4.05. The molecule has 19 heteroatoms. The lowest BCUT2D eigenvalue weighted by Crippen LogP contribution is -2.53. The molecular formula is C19H26N8O10S. The maximum absolute atomic E-state index is 11.8. The third-order valence-electron chi connectivity index (χ3n) is 4.89. The predicted molar refractivity (Wildman–Crippen MR) is 129 cm³/mol. The van der Waals surface area contributed by atoms with Crippen LogP contribution in [0.5, 0.6) is 0 Å². The molecule has 0 aliphatic heterocycles. The van der Waals surface area contributed by atoms with Gasteiger partial charge in [0.2, 0.25) is 0 Å². The zero-order valence-electron chi connectivity index (χ0n) is 19.5. The molecule has 18 nitrogen and oxygen atoms in total. The third kappa shape index (κ3) is 9.26. The number of hydrogen-bond donors (Lipinski definition) is 10. The number of aliphatic carboxylic acids is 5. The van der Waals surface area contributed by atoms with E-state index >= 15 is 0 Å². The molecule has 0 fully saturated rings. The van der Waals surface area contributed by atoms with Gasteiger partial charge in [0, 0.05) is 31.0 Å². The van der Waals surface area contributed by atoms with Crippen LogP contribution < -0.4 is 21.7 Å². The van der Waals surface area contributed by atoms with E-state index in [1.807, 2.05) is 0 Å². The fourth-order valence-electron chi connectivity index (χ4n) is 3.00. The number of hydrazine groups is 1. The van der Waals surface area contributed by atoms with Gasteiger partial charge in [0.15, 0.2) is 0 Å². The standard InChI is InChI=1S/C19H26N8O10S/c28-15(29)3-12(17(32)33)23-22-11(16(30)31)1-9-4-26(7-20-9)24-13(18(34)35)2-10-5-27(8-21-10)25-14(6-38)19(36)37/h4-5,7-8,11-14,22-25,38H,1-3,6H2,(H,28,29)(H,30,31)(H,32,33)(H,34,35)(H,36,37)/t11-,12-,13-,14-/m0/s1. The Hall–Kier alpha value is -4.36. The summed E-state index contributed by atoms with van der Waals surface area (Å²) in [6.45, 7) is 0. The van der Waals surface area contributed by atoms with Gasteiger partial charge in [-0.05, 0) is 0 Å². The van der Waals surface area contributed by atoms with Crippen molar-refractivity contribution in [2.75, 3.05) is 16.6 Å². The highest BCUT2D eigenvalue weighted by Crippen LogP contribution is 2.06. The van der Waals surface area contributed by atoms with Crippen molar-refractivity contribution in [3.05, 3.63) is 36.4 Å². The van der Waals surface area contributed by atoms with Crippen LogP contribution in [0, 0.1) is 0 Å². The minimum atomic E-state index is -1.59. The van der Waals surface area contributed by atoms with Crippen LogP contribution in [0.3, 0.4) is 0 Å². The van der Waals surface area contributed by atoms with Crippen molar-refractivity contribution in [3.63, 3.8) is 0 Å². The van der Waals surface area contributed by atoms with Crippen molar-refractivity contribution in [1.29, 1.82) is 0 Å². The molecule has 4 atom stereocenters. The van der Waals surface area contributed by atoms with E-state index in [2.05, 4.69) is 44.3 Å². The highest BCUT2D eigenvalue weighted by Gasteiger charge is 2.26. The first kappa shape index (κ1) is 29.9. The van der Waals surface area contributed by atoms with Gasteiger partial charge in [-0.25, -0.2) is 30.4 Å². The van der Waals surface area contributed by atoms with Crippen LogP contribution in [0.25, 0.3) is 0 Å². The molecule has 0 aromatic carbocycles. The zero-order chi connectivity index (χ0) is 28.4. The van der Waals surface area contributed by atoms with Crippen molar-refractivity contribution in [2.45, 2.75) is 43.4 Å². The van der Waals surface area contributed by atoms with Crippen molar-refractivity contribution in [3.8, 4) is 0 Å². The summed E-state index contributed by atoms with van der Waals surface area (Å²) < 4.78 is 2.47. The Morgan fingerprint density at radius 3 is 1.55 bits per heavy atom. The average molecular weight is 559 g/mol. The molecule has 0 unspecified atom stereocenters. The molecule has 2 rings (SSSR count). The first-order valence-electron chi connectivity index (χ1n) is 10.7. The summed E-state index contributed by atoms with van der Waals surface area (Å²) >= 11 is 3.95. The Bertz CT molecular complexity index is 1150. The summed E-state index contributed by atoms with van der Waals surface area (Å²) in [6, 6.07) is -5.18. The molecule has 0 saturated carbocycles. The first-order chi connectivity index (χ1) is 17.9. The fraction of sp³-hybridized carbons (Fsp3) is 0.421. The maximum atomic E-state index is 11.8. The van der Waals surface area contributed by atoms with Crippen LogP contribution in [0.2, 0.25) is 0 Å². The molecule has 208 valence electrons. The quantitative estimate of drug-likeness (QED) is 0.0656. The number of nitrogens with zero attached hydrogens (tertiary/aromatic N) is 4. The number of rotatable bonds is 18. The summed E-state index contributed by atoms with van der Waals surface area (Å²) in [5, 5.41) is 45.9. The SMILES string of the molecule is O=C(O)C[C@H](NN[C@@H](Cc1cn(N[C@@H](Cc2cn(N[C@@H](CS)C(=O)O)cn2)C(=O)O)cn1)C(=O)O)C(=O)O. The van der Waals surface area contributed by atoms with E-state index < -0.39 is 60.4 Å². The van der Waals surface area contributed by atoms with Gasteiger partial charge in [-0.2, -0.15) is 12.6 Å². The molecule has 0 bridgehead atoms. The highest BCUT2D eigenvalue weighted by molar-refractivity contribution is 7.80. The van der Waals surface area contributed by atoms with Gasteiger partial charge < -0.3 is 36.4 Å². The number of carboxylic acids is 5. The predicted octanol–water partition coefficient (Wildman–Crippen LogP) is -2.74. The molecule has 0 radical (unpaired) electrons. The number of imidazole rings is 2. The smallest absolute Gasteiger partial charge is 0.328 e. The molecule has 0 amide bonds. The Labute approximate surface area is 219 Å². The molecule has 2 aromatic heterocycles. The second-order valence-corrected chi connectivity index (χ2v) is 8.21. The normalized spacial score (nSPS) is 14.1. The van der Waals surface area contributed by atoms with Crippen molar-refractivity contribution >= 4 is 42.5 Å². The summed E-state index contributed by atoms with van der Waals surface area (Å²) in [5.74, 6) is -6.65.